The summed E-state index contributed by atoms with van der Waals surface area (Å²) in [7, 11) is 0. The van der Waals surface area contributed by atoms with Gasteiger partial charge in [-0.3, -0.25) is 70.8 Å². The Hall–Kier alpha value is -13.3. The van der Waals surface area contributed by atoms with E-state index in [9.17, 15) is 106 Å². The minimum Gasteiger partial charge on any atom is -0.476 e. The van der Waals surface area contributed by atoms with Gasteiger partial charge in [-0.25, -0.2) is 4.39 Å². The van der Waals surface area contributed by atoms with Crippen LogP contribution in [-0.4, -0.2) is 95.1 Å². The van der Waals surface area contributed by atoms with Crippen molar-refractivity contribution in [1.29, 1.82) is 0 Å². The van der Waals surface area contributed by atoms with Gasteiger partial charge in [-0.2, -0.15) is 0 Å². The molecule has 0 amide bonds. The highest BCUT2D eigenvalue weighted by Gasteiger charge is 2.68. The van der Waals surface area contributed by atoms with Gasteiger partial charge < -0.3 is 59.1 Å². The van der Waals surface area contributed by atoms with Crippen LogP contribution in [0.1, 0.15) is 162 Å². The van der Waals surface area contributed by atoms with E-state index in [4.69, 9.17) is 98.0 Å². The van der Waals surface area contributed by atoms with Crippen molar-refractivity contribution in [2.45, 2.75) is 131 Å². The van der Waals surface area contributed by atoms with Gasteiger partial charge >= 0.3 is 30.0 Å². The molecule has 12 aromatic rings. The summed E-state index contributed by atoms with van der Waals surface area (Å²) in [5.74, 6) is 1.27. The maximum Gasteiger partial charge on any atom is 0.365 e. The highest BCUT2D eigenvalue weighted by Crippen LogP contribution is 2.59. The van der Waals surface area contributed by atoms with E-state index in [0.29, 0.717) is 73.1 Å². The summed E-state index contributed by atoms with van der Waals surface area (Å²) in [6, 6.07) is 78.6. The highest BCUT2D eigenvalue weighted by atomic mass is 35.5. The molecule has 18 atom stereocenters. The van der Waals surface area contributed by atoms with Gasteiger partial charge in [0, 0.05) is 78.9 Å². The molecule has 18 rings (SSSR count). The van der Waals surface area contributed by atoms with E-state index in [1.54, 1.807) is 206 Å². The number of alkyl halides is 6. The van der Waals surface area contributed by atoms with Crippen LogP contribution in [0, 0.1) is 104 Å². The number of hydrogen-bond acceptors (Lipinski definition) is 26. The molecule has 134 heavy (non-hydrogen) atoms. The Morgan fingerprint density at radius 3 is 0.761 bits per heavy atom. The van der Waals surface area contributed by atoms with Gasteiger partial charge in [0.1, 0.15) is 40.3 Å². The van der Waals surface area contributed by atoms with Crippen molar-refractivity contribution in [3.63, 3.8) is 0 Å². The lowest BCUT2D eigenvalue weighted by molar-refractivity contribution is -0.570. The Kier molecular flexibility index (Phi) is 29.2. The molecule has 40 heteroatoms. The molecule has 694 valence electrons. The second-order valence-corrected chi connectivity index (χ2v) is 35.2. The lowest BCUT2D eigenvalue weighted by atomic mass is 9.89. The number of aliphatic hydroxyl groups excluding tert-OH is 6. The summed E-state index contributed by atoms with van der Waals surface area (Å²) >= 11 is 37.3. The normalized spacial score (nSPS) is 26.6. The van der Waals surface area contributed by atoms with E-state index < -0.39 is 144 Å². The first-order valence-electron chi connectivity index (χ1n) is 40.5. The molecule has 33 nitrogen and oxygen atoms in total. The molecule has 0 unspecified atom stereocenters. The number of nitro benzene ring substituents is 1. The summed E-state index contributed by atoms with van der Waals surface area (Å²) in [6.45, 7) is 7.58. The Balaban J connectivity index is 0.000000136. The van der Waals surface area contributed by atoms with Crippen molar-refractivity contribution >= 4 is 75.3 Å². The fraction of sp³-hybridized carbons (Fsp3) is 0.234. The maximum absolute atomic E-state index is 14.0. The average Bonchev–Trinajstić information content (AvgIpc) is 0.743. The van der Waals surface area contributed by atoms with E-state index in [1.807, 2.05) is 64.1 Å². The van der Waals surface area contributed by atoms with Gasteiger partial charge in [-0.1, -0.05) is 259 Å². The number of hydrogen-bond donors (Lipinski definition) is 6. The Morgan fingerprint density at radius 2 is 0.478 bits per heavy atom. The lowest BCUT2D eigenvalue weighted by Crippen LogP contribution is -2.49. The molecule has 0 spiro atoms. The summed E-state index contributed by atoms with van der Waals surface area (Å²) in [5, 5.41) is 143. The number of rotatable bonds is 13. The fourth-order valence-corrected chi connectivity index (χ4v) is 17.6. The Bertz CT molecular complexity index is 6190. The third-order valence-corrected chi connectivity index (χ3v) is 26.2. The summed E-state index contributed by atoms with van der Waals surface area (Å²) < 4.78 is 48.4. The number of nitro groups is 7. The zero-order valence-corrected chi connectivity index (χ0v) is 74.8. The molecule has 0 aliphatic carbocycles. The molecule has 0 aromatic heterocycles. The zero-order valence-electron chi connectivity index (χ0n) is 70.3. The van der Waals surface area contributed by atoms with Gasteiger partial charge in [0.05, 0.1) is 34.5 Å². The first-order chi connectivity index (χ1) is 63.6. The van der Waals surface area contributed by atoms with Crippen LogP contribution in [0.3, 0.4) is 0 Å². The fourth-order valence-electron chi connectivity index (χ4n) is 15.9. The SMILES string of the molecule is Cc1ccc([C@@H]2Oc3ccccc3[C@H](O)[C@@]2(Cl)[N+](=O)[O-])cc1.Cc1ccc([C@@H]2Oc3ccccc3[C@H](O)[C@@]2(Cl)[N+](=O)[O-])cc1.Cc1cccc([C@@H]2Oc3ccccc3[C@H](O)[C@@]2(Cl)[N+](=O)[O-])c1.Cc1cccc([C@@H]2Oc3ccccc3[C@H](O)[C@@]2(Cl)[N+](=O)[O-])c1.O=[N+]([O-])[C@]1(Cl)[C@@H](O)c2ccccc2O[C@H]1c1ccccc1F.O=[N+]([O-])c1ccc2c(c1)[C@H](O)[C@@](Cl)([N+](=O)[O-])[C@H](c1ccccc1)O2. The average molecular weight is 1950 g/mol. The summed E-state index contributed by atoms with van der Waals surface area (Å²) in [6.07, 6.45) is -16.4. The largest absolute Gasteiger partial charge is 0.476 e. The van der Waals surface area contributed by atoms with Crippen molar-refractivity contribution < 1.29 is 97.9 Å². The first-order valence-corrected chi connectivity index (χ1v) is 42.7. The van der Waals surface area contributed by atoms with Crippen LogP contribution in [0.15, 0.2) is 291 Å². The first kappa shape index (κ1) is 98.2. The van der Waals surface area contributed by atoms with Crippen molar-refractivity contribution in [1.82, 2.24) is 0 Å². The number of aryl methyl sites for hydroxylation is 4. The van der Waals surface area contributed by atoms with E-state index in [0.717, 1.165) is 34.4 Å². The van der Waals surface area contributed by atoms with E-state index >= 15 is 0 Å². The number of halogens is 7. The molecule has 12 aromatic carbocycles. The van der Waals surface area contributed by atoms with E-state index in [-0.39, 0.29) is 33.9 Å². The third-order valence-electron chi connectivity index (χ3n) is 23.0. The molecule has 0 bridgehead atoms. The van der Waals surface area contributed by atoms with Crippen molar-refractivity contribution in [3.8, 4) is 34.5 Å². The number of nitrogens with zero attached hydrogens (tertiary/aromatic N) is 7. The number of para-hydroxylation sites is 5. The molecule has 6 N–H and O–H groups in total. The number of fused-ring (bicyclic) bond motifs is 6. The Labute approximate surface area is 790 Å². The molecule has 0 saturated carbocycles. The minimum atomic E-state index is -2.42. The van der Waals surface area contributed by atoms with Gasteiger partial charge in [-0.05, 0) is 140 Å². The van der Waals surface area contributed by atoms with E-state index in [2.05, 4.69) is 0 Å². The summed E-state index contributed by atoms with van der Waals surface area (Å²) in [5.41, 5.74) is 7.47. The second-order valence-electron chi connectivity index (χ2n) is 31.6. The van der Waals surface area contributed by atoms with Crippen LogP contribution in [0.25, 0.3) is 0 Å². The maximum atomic E-state index is 14.0. The predicted molar refractivity (Wildman–Crippen MR) is 486 cm³/mol. The lowest BCUT2D eigenvalue weighted by Gasteiger charge is -2.37. The van der Waals surface area contributed by atoms with Gasteiger partial charge in [0.2, 0.25) is 36.6 Å². The molecule has 0 saturated heterocycles. The van der Waals surface area contributed by atoms with Gasteiger partial charge in [0.15, 0.2) is 36.6 Å². The highest BCUT2D eigenvalue weighted by molar-refractivity contribution is 6.25. The van der Waals surface area contributed by atoms with Crippen LogP contribution in [0.2, 0.25) is 0 Å². The quantitative estimate of drug-likeness (QED) is 0.0270. The van der Waals surface area contributed by atoms with Gasteiger partial charge in [0.25, 0.3) is 5.69 Å². The number of benzene rings is 12. The predicted octanol–water partition coefficient (Wildman–Crippen LogP) is 19.7. The van der Waals surface area contributed by atoms with Crippen LogP contribution in [0.5, 0.6) is 34.5 Å². The standard InChI is InChI=1S/4C16H14ClNO4.C15H11ClFNO4.C15H11ClN2O6/c2*1-10-5-4-6-11(9-10)15-16(17,18(20)21)14(19)12-7-2-3-8-13(12)22-15;2*1-10-6-8-11(9-7-10)15-16(17,18(20)21)14(19)12-4-2-3-5-13(12)22-15;16-15(18(20)21)13(19)10-6-2-4-8-12(10)22-14(15)9-5-1-3-7-11(9)17;16-15(18(22)23)13(19)11-8-10(17(20)21)6-7-12(11)24-14(15)9-4-2-1-3-5-9/h4*2-9,14-15,19H,1H3;1-8,13-14,19H;1-8,13-14,19H/t4*14-,15-,16+;2*13-,14-,15+/m000000/s1. The molecular formula is C94H78Cl6FN7O26. The number of aliphatic hydroxyl groups is 6. The molecule has 0 radical (unpaired) electrons. The second kappa shape index (κ2) is 39.8. The van der Waals surface area contributed by atoms with Crippen LogP contribution < -0.4 is 28.4 Å². The number of ether oxygens (including phenoxy) is 6. The topological polar surface area (TPSA) is 479 Å². The van der Waals surface area contributed by atoms with Crippen LogP contribution in [-0.2, 0) is 0 Å². The summed E-state index contributed by atoms with van der Waals surface area (Å²) in [4.78, 5) is 61.7. The van der Waals surface area contributed by atoms with Gasteiger partial charge in [-0.15, -0.1) is 0 Å². The minimum absolute atomic E-state index is 0.0808. The van der Waals surface area contributed by atoms with Crippen LogP contribution >= 0.6 is 69.6 Å². The molecular weight excluding hydrogens is 1870 g/mol. The van der Waals surface area contributed by atoms with Crippen LogP contribution in [0.4, 0.5) is 10.1 Å². The molecule has 6 aliphatic heterocycles. The van der Waals surface area contributed by atoms with Crippen molar-refractivity contribution in [2.24, 2.45) is 0 Å². The smallest absolute Gasteiger partial charge is 0.365 e. The van der Waals surface area contributed by atoms with Crippen molar-refractivity contribution in [2.75, 3.05) is 0 Å². The van der Waals surface area contributed by atoms with E-state index in [1.165, 1.54) is 36.4 Å². The molecule has 6 aliphatic rings. The number of non-ortho nitro benzene ring substituents is 1. The monoisotopic (exact) mass is 1950 g/mol. The van der Waals surface area contributed by atoms with Crippen molar-refractivity contribution in [3.05, 3.63) is 457 Å². The third kappa shape index (κ3) is 18.5. The Morgan fingerprint density at radius 1 is 0.246 bits per heavy atom. The molecule has 6 heterocycles. The zero-order chi connectivity index (χ0) is 97.0. The molecule has 0 fully saturated rings.